The number of fused-ring (bicyclic) bond motifs is 1. The van der Waals surface area contributed by atoms with Crippen molar-refractivity contribution in [3.05, 3.63) is 41.6 Å². The minimum absolute atomic E-state index is 0.865. The van der Waals surface area contributed by atoms with Gasteiger partial charge in [0.2, 0.25) is 0 Å². The van der Waals surface area contributed by atoms with Gasteiger partial charge in [-0.1, -0.05) is 28.1 Å². The quantitative estimate of drug-likeness (QED) is 0.691. The Balaban J connectivity index is 2.66. The summed E-state index contributed by atoms with van der Waals surface area (Å²) in [5.41, 5.74) is 3.55. The molecule has 0 saturated heterocycles. The molecule has 1 nitrogen and oxygen atoms in total. The minimum atomic E-state index is 0.865. The van der Waals surface area contributed by atoms with E-state index in [0.717, 1.165) is 10.8 Å². The highest BCUT2D eigenvalue weighted by Crippen LogP contribution is 2.16. The van der Waals surface area contributed by atoms with Crippen molar-refractivity contribution in [3.8, 4) is 0 Å². The molecule has 2 heteroatoms. The SMILES string of the molecule is Cc1ccc2cc(CBr)cnc2c1. The number of hydrogen-bond acceptors (Lipinski definition) is 1. The van der Waals surface area contributed by atoms with Crippen LogP contribution < -0.4 is 0 Å². The Kier molecular flexibility index (Phi) is 2.32. The van der Waals surface area contributed by atoms with E-state index in [0.29, 0.717) is 0 Å². The minimum Gasteiger partial charge on any atom is -0.256 e. The van der Waals surface area contributed by atoms with E-state index in [4.69, 9.17) is 0 Å². The summed E-state index contributed by atoms with van der Waals surface area (Å²) in [5.74, 6) is 0. The van der Waals surface area contributed by atoms with E-state index in [1.54, 1.807) is 0 Å². The third-order valence-corrected chi connectivity index (χ3v) is 2.70. The summed E-state index contributed by atoms with van der Waals surface area (Å²) in [7, 11) is 0. The normalized spacial score (nSPS) is 10.6. The number of rotatable bonds is 1. The molecule has 0 fully saturated rings. The molecule has 0 unspecified atom stereocenters. The van der Waals surface area contributed by atoms with Gasteiger partial charge in [0.05, 0.1) is 5.52 Å². The van der Waals surface area contributed by atoms with Gasteiger partial charge in [-0.05, 0) is 30.2 Å². The maximum Gasteiger partial charge on any atom is 0.0704 e. The molecule has 1 aromatic carbocycles. The zero-order valence-corrected chi connectivity index (χ0v) is 9.01. The fraction of sp³-hybridized carbons (Fsp3) is 0.182. The van der Waals surface area contributed by atoms with Crippen LogP contribution in [0.15, 0.2) is 30.5 Å². The van der Waals surface area contributed by atoms with Crippen LogP contribution in [0.25, 0.3) is 10.9 Å². The maximum absolute atomic E-state index is 4.38. The van der Waals surface area contributed by atoms with E-state index < -0.39 is 0 Å². The monoisotopic (exact) mass is 235 g/mol. The molecule has 0 aliphatic rings. The highest BCUT2D eigenvalue weighted by Gasteiger charge is 1.96. The summed E-state index contributed by atoms with van der Waals surface area (Å²) in [6.45, 7) is 2.08. The Hall–Kier alpha value is -0.890. The average molecular weight is 236 g/mol. The van der Waals surface area contributed by atoms with Crippen molar-refractivity contribution in [3.63, 3.8) is 0 Å². The number of aryl methyl sites for hydroxylation is 1. The number of nitrogens with zero attached hydrogens (tertiary/aromatic N) is 1. The van der Waals surface area contributed by atoms with E-state index in [1.165, 1.54) is 16.5 Å². The average Bonchev–Trinajstić information content (AvgIpc) is 2.17. The molecule has 0 aliphatic carbocycles. The van der Waals surface area contributed by atoms with Gasteiger partial charge in [0.1, 0.15) is 0 Å². The first-order valence-electron chi connectivity index (χ1n) is 4.21. The molecule has 13 heavy (non-hydrogen) atoms. The molecule has 0 amide bonds. The lowest BCUT2D eigenvalue weighted by Gasteiger charge is -2.00. The van der Waals surface area contributed by atoms with Crippen LogP contribution in [0.2, 0.25) is 0 Å². The van der Waals surface area contributed by atoms with Gasteiger partial charge in [-0.15, -0.1) is 0 Å². The van der Waals surface area contributed by atoms with Crippen LogP contribution in [-0.2, 0) is 5.33 Å². The van der Waals surface area contributed by atoms with Crippen LogP contribution in [0.1, 0.15) is 11.1 Å². The first-order chi connectivity index (χ1) is 6.29. The first-order valence-corrected chi connectivity index (χ1v) is 5.33. The van der Waals surface area contributed by atoms with Crippen LogP contribution in [0.4, 0.5) is 0 Å². The molecule has 0 aliphatic heterocycles. The molecule has 1 heterocycles. The second-order valence-electron chi connectivity index (χ2n) is 3.17. The van der Waals surface area contributed by atoms with Gasteiger partial charge in [-0.3, -0.25) is 4.98 Å². The highest BCUT2D eigenvalue weighted by atomic mass is 79.9. The number of alkyl halides is 1. The third-order valence-electron chi connectivity index (χ3n) is 2.05. The summed E-state index contributed by atoms with van der Waals surface area (Å²) in [5, 5.41) is 2.08. The maximum atomic E-state index is 4.38. The van der Waals surface area contributed by atoms with E-state index in [1.807, 2.05) is 6.20 Å². The van der Waals surface area contributed by atoms with Gasteiger partial charge < -0.3 is 0 Å². The zero-order valence-electron chi connectivity index (χ0n) is 7.42. The third kappa shape index (κ3) is 1.73. The zero-order chi connectivity index (χ0) is 9.26. The van der Waals surface area contributed by atoms with Crippen LogP contribution in [0.3, 0.4) is 0 Å². The molecular formula is C11H10BrN. The molecular weight excluding hydrogens is 226 g/mol. The molecule has 0 bridgehead atoms. The number of aromatic nitrogens is 1. The second kappa shape index (κ2) is 3.46. The molecule has 2 aromatic rings. The largest absolute Gasteiger partial charge is 0.256 e. The number of pyridine rings is 1. The van der Waals surface area contributed by atoms with Gasteiger partial charge in [0, 0.05) is 16.9 Å². The van der Waals surface area contributed by atoms with Crippen molar-refractivity contribution >= 4 is 26.8 Å². The van der Waals surface area contributed by atoms with Crippen molar-refractivity contribution in [2.45, 2.75) is 12.3 Å². The summed E-state index contributed by atoms with van der Waals surface area (Å²) in [4.78, 5) is 4.38. The topological polar surface area (TPSA) is 12.9 Å². The van der Waals surface area contributed by atoms with Crippen LogP contribution in [0, 0.1) is 6.92 Å². The Morgan fingerprint density at radius 2 is 2.15 bits per heavy atom. The van der Waals surface area contributed by atoms with Crippen LogP contribution in [-0.4, -0.2) is 4.98 Å². The Bertz CT molecular complexity index is 437. The summed E-state index contributed by atoms with van der Waals surface area (Å²) < 4.78 is 0. The van der Waals surface area contributed by atoms with Gasteiger partial charge in [-0.2, -0.15) is 0 Å². The van der Waals surface area contributed by atoms with Crippen molar-refractivity contribution in [2.24, 2.45) is 0 Å². The van der Waals surface area contributed by atoms with E-state index in [-0.39, 0.29) is 0 Å². The first kappa shape index (κ1) is 8.70. The highest BCUT2D eigenvalue weighted by molar-refractivity contribution is 9.08. The van der Waals surface area contributed by atoms with Crippen molar-refractivity contribution < 1.29 is 0 Å². The Morgan fingerprint density at radius 1 is 1.31 bits per heavy atom. The summed E-state index contributed by atoms with van der Waals surface area (Å²) >= 11 is 3.42. The molecule has 1 aromatic heterocycles. The molecule has 0 saturated carbocycles. The van der Waals surface area contributed by atoms with E-state index >= 15 is 0 Å². The lowest BCUT2D eigenvalue weighted by molar-refractivity contribution is 1.31. The Morgan fingerprint density at radius 3 is 2.92 bits per heavy atom. The van der Waals surface area contributed by atoms with Crippen LogP contribution in [0.5, 0.6) is 0 Å². The predicted molar refractivity (Wildman–Crippen MR) is 59.1 cm³/mol. The van der Waals surface area contributed by atoms with E-state index in [9.17, 15) is 0 Å². The van der Waals surface area contributed by atoms with Gasteiger partial charge in [0.15, 0.2) is 0 Å². The molecule has 2 rings (SSSR count). The molecule has 66 valence electrons. The second-order valence-corrected chi connectivity index (χ2v) is 3.73. The Labute approximate surface area is 85.9 Å². The lowest BCUT2D eigenvalue weighted by Crippen LogP contribution is -1.83. The van der Waals surface area contributed by atoms with Crippen molar-refractivity contribution in [1.29, 1.82) is 0 Å². The predicted octanol–water partition coefficient (Wildman–Crippen LogP) is 3.44. The van der Waals surface area contributed by atoms with Gasteiger partial charge >= 0.3 is 0 Å². The van der Waals surface area contributed by atoms with Crippen molar-refractivity contribution in [1.82, 2.24) is 4.98 Å². The summed E-state index contributed by atoms with van der Waals surface area (Å²) in [6.07, 6.45) is 1.91. The molecule has 0 N–H and O–H groups in total. The molecule has 0 spiro atoms. The van der Waals surface area contributed by atoms with Crippen molar-refractivity contribution in [2.75, 3.05) is 0 Å². The smallest absolute Gasteiger partial charge is 0.0704 e. The number of benzene rings is 1. The van der Waals surface area contributed by atoms with Gasteiger partial charge in [0.25, 0.3) is 0 Å². The summed E-state index contributed by atoms with van der Waals surface area (Å²) in [6, 6.07) is 8.50. The molecule has 0 radical (unpaired) electrons. The van der Waals surface area contributed by atoms with E-state index in [2.05, 4.69) is 52.1 Å². The fourth-order valence-electron chi connectivity index (χ4n) is 1.35. The van der Waals surface area contributed by atoms with Crippen LogP contribution >= 0.6 is 15.9 Å². The number of hydrogen-bond donors (Lipinski definition) is 0. The lowest BCUT2D eigenvalue weighted by atomic mass is 10.1. The number of halogens is 1. The molecule has 0 atom stereocenters. The standard InChI is InChI=1S/C11H10BrN/c1-8-2-3-10-5-9(6-12)7-13-11(10)4-8/h2-5,7H,6H2,1H3. The van der Waals surface area contributed by atoms with Gasteiger partial charge in [-0.25, -0.2) is 0 Å². The fourth-order valence-corrected chi connectivity index (χ4v) is 1.66.